The topological polar surface area (TPSA) is 72.5 Å². The number of halogens is 1. The molecule has 0 radical (unpaired) electrons. The molecule has 0 aliphatic heterocycles. The first-order valence-electron chi connectivity index (χ1n) is 5.50. The molecule has 0 saturated carbocycles. The van der Waals surface area contributed by atoms with E-state index in [0.29, 0.717) is 5.95 Å². The Labute approximate surface area is 112 Å². The number of aromatic nitrogens is 4. The third kappa shape index (κ3) is 1.60. The summed E-state index contributed by atoms with van der Waals surface area (Å²) in [5.41, 5.74) is 9.60. The molecule has 2 heterocycles. The van der Waals surface area contributed by atoms with Crippen molar-refractivity contribution in [2.45, 2.75) is 6.92 Å². The molecule has 0 bridgehead atoms. The van der Waals surface area contributed by atoms with Crippen molar-refractivity contribution in [3.05, 3.63) is 28.6 Å². The summed E-state index contributed by atoms with van der Waals surface area (Å²) in [5.74, 6) is 1.39. The molecular formula is C12H12BrN5. The van der Waals surface area contributed by atoms with Gasteiger partial charge in [-0.15, -0.1) is 0 Å². The summed E-state index contributed by atoms with van der Waals surface area (Å²) in [6.45, 7) is 1.94. The molecule has 3 N–H and O–H groups in total. The second kappa shape index (κ2) is 3.84. The largest absolute Gasteiger partial charge is 0.369 e. The highest BCUT2D eigenvalue weighted by molar-refractivity contribution is 9.10. The van der Waals surface area contributed by atoms with Crippen molar-refractivity contribution < 1.29 is 0 Å². The number of benzene rings is 1. The van der Waals surface area contributed by atoms with Gasteiger partial charge in [0.15, 0.2) is 0 Å². The van der Waals surface area contributed by atoms with Crippen LogP contribution < -0.4 is 5.73 Å². The summed E-state index contributed by atoms with van der Waals surface area (Å²) < 4.78 is 2.67. The van der Waals surface area contributed by atoms with E-state index in [2.05, 4.69) is 30.9 Å². The van der Waals surface area contributed by atoms with Crippen LogP contribution >= 0.6 is 15.9 Å². The number of hydrogen-bond donors (Lipinski definition) is 2. The number of H-pyrrole nitrogens is 1. The van der Waals surface area contributed by atoms with Crippen LogP contribution in [0.3, 0.4) is 0 Å². The fraction of sp³-hybridized carbons (Fsp3) is 0.167. The quantitative estimate of drug-likeness (QED) is 0.726. The number of nitrogen functional groups attached to an aromatic ring is 1. The summed E-state index contributed by atoms with van der Waals surface area (Å²) >= 11 is 3.50. The van der Waals surface area contributed by atoms with Crippen LogP contribution in [0.5, 0.6) is 0 Å². The number of rotatable bonds is 1. The average Bonchev–Trinajstić information content (AvgIpc) is 2.82. The van der Waals surface area contributed by atoms with Crippen LogP contribution in [0.4, 0.5) is 5.95 Å². The van der Waals surface area contributed by atoms with Crippen LogP contribution in [-0.4, -0.2) is 19.5 Å². The van der Waals surface area contributed by atoms with Crippen molar-refractivity contribution in [1.29, 1.82) is 0 Å². The standard InChI is InChI=1S/C12H12BrN5/c1-6-15-8-4-3-7(5-9(8)16-6)10-11(13)18(2)12(14)17-10/h3-5H,1-2H3,(H2,14,17)(H,15,16). The summed E-state index contributed by atoms with van der Waals surface area (Å²) in [6.07, 6.45) is 0. The Morgan fingerprint density at radius 1 is 1.33 bits per heavy atom. The van der Waals surface area contributed by atoms with Gasteiger partial charge in [-0.1, -0.05) is 6.07 Å². The lowest BCUT2D eigenvalue weighted by Crippen LogP contribution is -1.96. The smallest absolute Gasteiger partial charge is 0.201 e. The Balaban J connectivity index is 2.21. The molecule has 3 rings (SSSR count). The van der Waals surface area contributed by atoms with Gasteiger partial charge in [-0.25, -0.2) is 9.97 Å². The zero-order valence-corrected chi connectivity index (χ0v) is 11.6. The number of imidazole rings is 2. The Kier molecular flexibility index (Phi) is 2.41. The van der Waals surface area contributed by atoms with Gasteiger partial charge >= 0.3 is 0 Å². The van der Waals surface area contributed by atoms with Crippen molar-refractivity contribution >= 4 is 32.9 Å². The monoisotopic (exact) mass is 305 g/mol. The van der Waals surface area contributed by atoms with Crippen LogP contribution in [0.2, 0.25) is 0 Å². The highest BCUT2D eigenvalue weighted by Crippen LogP contribution is 2.30. The number of aromatic amines is 1. The van der Waals surface area contributed by atoms with Crippen molar-refractivity contribution in [1.82, 2.24) is 19.5 Å². The minimum atomic E-state index is 0.484. The minimum Gasteiger partial charge on any atom is -0.369 e. The first-order valence-corrected chi connectivity index (χ1v) is 6.30. The van der Waals surface area contributed by atoms with Gasteiger partial charge in [0, 0.05) is 12.6 Å². The van der Waals surface area contributed by atoms with Gasteiger partial charge in [0.05, 0.1) is 11.0 Å². The molecule has 0 unspecified atom stereocenters. The first kappa shape index (κ1) is 11.3. The van der Waals surface area contributed by atoms with Crippen LogP contribution in [-0.2, 0) is 7.05 Å². The molecule has 0 aliphatic rings. The lowest BCUT2D eigenvalue weighted by atomic mass is 10.1. The third-order valence-electron chi connectivity index (χ3n) is 2.93. The zero-order valence-electron chi connectivity index (χ0n) is 10.0. The van der Waals surface area contributed by atoms with E-state index in [1.54, 1.807) is 4.57 Å². The molecule has 5 nitrogen and oxygen atoms in total. The van der Waals surface area contributed by atoms with Gasteiger partial charge in [0.1, 0.15) is 16.1 Å². The molecule has 0 atom stereocenters. The molecule has 3 aromatic rings. The van der Waals surface area contributed by atoms with Gasteiger partial charge in [0.25, 0.3) is 0 Å². The maximum Gasteiger partial charge on any atom is 0.201 e. The summed E-state index contributed by atoms with van der Waals surface area (Å²) in [4.78, 5) is 11.9. The molecule has 0 fully saturated rings. The molecule has 0 saturated heterocycles. The molecule has 92 valence electrons. The van der Waals surface area contributed by atoms with E-state index in [1.807, 2.05) is 32.2 Å². The second-order valence-electron chi connectivity index (χ2n) is 4.22. The lowest BCUT2D eigenvalue weighted by molar-refractivity contribution is 0.907. The Bertz CT molecular complexity index is 740. The first-order chi connectivity index (χ1) is 8.56. The molecule has 2 aromatic heterocycles. The summed E-state index contributed by atoms with van der Waals surface area (Å²) in [7, 11) is 1.87. The highest BCUT2D eigenvalue weighted by Gasteiger charge is 2.13. The highest BCUT2D eigenvalue weighted by atomic mass is 79.9. The van der Waals surface area contributed by atoms with Crippen molar-refractivity contribution in [3.63, 3.8) is 0 Å². The third-order valence-corrected chi connectivity index (χ3v) is 3.84. The molecular weight excluding hydrogens is 294 g/mol. The summed E-state index contributed by atoms with van der Waals surface area (Å²) in [5, 5.41) is 0. The number of anilines is 1. The second-order valence-corrected chi connectivity index (χ2v) is 4.97. The predicted octanol–water partition coefficient (Wildman–Crippen LogP) is 2.62. The number of nitrogens with one attached hydrogen (secondary N) is 1. The maximum absolute atomic E-state index is 5.80. The van der Waals surface area contributed by atoms with Crippen molar-refractivity contribution in [3.8, 4) is 11.3 Å². The molecule has 0 spiro atoms. The average molecular weight is 306 g/mol. The van der Waals surface area contributed by atoms with E-state index in [1.165, 1.54) is 0 Å². The van der Waals surface area contributed by atoms with Gasteiger partial charge in [-0.2, -0.15) is 0 Å². The predicted molar refractivity (Wildman–Crippen MR) is 75.1 cm³/mol. The molecule has 6 heteroatoms. The Morgan fingerprint density at radius 3 is 2.78 bits per heavy atom. The lowest BCUT2D eigenvalue weighted by Gasteiger charge is -1.99. The van der Waals surface area contributed by atoms with E-state index < -0.39 is 0 Å². The van der Waals surface area contributed by atoms with E-state index >= 15 is 0 Å². The van der Waals surface area contributed by atoms with Gasteiger partial charge in [-0.05, 0) is 35.0 Å². The fourth-order valence-corrected chi connectivity index (χ4v) is 2.46. The number of hydrogen-bond acceptors (Lipinski definition) is 3. The Hall–Kier alpha value is -1.82. The van der Waals surface area contributed by atoms with Gasteiger partial charge in [0.2, 0.25) is 5.95 Å². The molecule has 1 aromatic carbocycles. The van der Waals surface area contributed by atoms with E-state index in [0.717, 1.165) is 32.7 Å². The molecule has 0 amide bonds. The van der Waals surface area contributed by atoms with Crippen molar-refractivity contribution in [2.24, 2.45) is 7.05 Å². The number of aryl methyl sites for hydroxylation is 1. The SMILES string of the molecule is Cc1nc2ccc(-c3nc(N)n(C)c3Br)cc2[nH]1. The van der Waals surface area contributed by atoms with Gasteiger partial charge < -0.3 is 15.3 Å². The van der Waals surface area contributed by atoms with Gasteiger partial charge in [-0.3, -0.25) is 0 Å². The fourth-order valence-electron chi connectivity index (χ4n) is 1.96. The summed E-state index contributed by atoms with van der Waals surface area (Å²) in [6, 6.07) is 6.00. The van der Waals surface area contributed by atoms with E-state index in [9.17, 15) is 0 Å². The van der Waals surface area contributed by atoms with Crippen molar-refractivity contribution in [2.75, 3.05) is 5.73 Å². The zero-order chi connectivity index (χ0) is 12.9. The van der Waals surface area contributed by atoms with Crippen LogP contribution in [0.1, 0.15) is 5.82 Å². The minimum absolute atomic E-state index is 0.484. The Morgan fingerprint density at radius 2 is 2.11 bits per heavy atom. The normalized spacial score (nSPS) is 11.3. The van der Waals surface area contributed by atoms with E-state index in [4.69, 9.17) is 5.73 Å². The maximum atomic E-state index is 5.80. The van der Waals surface area contributed by atoms with Crippen LogP contribution in [0, 0.1) is 6.92 Å². The molecule has 0 aliphatic carbocycles. The number of fused-ring (bicyclic) bond motifs is 1. The van der Waals surface area contributed by atoms with Crippen LogP contribution in [0.15, 0.2) is 22.8 Å². The van der Waals surface area contributed by atoms with E-state index in [-0.39, 0.29) is 0 Å². The molecule has 18 heavy (non-hydrogen) atoms. The number of nitrogens with zero attached hydrogens (tertiary/aromatic N) is 3. The van der Waals surface area contributed by atoms with Crippen LogP contribution in [0.25, 0.3) is 22.3 Å². The number of nitrogens with two attached hydrogens (primary N) is 1.